The van der Waals surface area contributed by atoms with Crippen LogP contribution >= 0.6 is 27.5 Å². The SMILES string of the molecule is CN(c1ccccc1F)c1ncnc(Cl)c1Br. The summed E-state index contributed by atoms with van der Waals surface area (Å²) in [6.45, 7) is 0. The Kier molecular flexibility index (Phi) is 3.59. The van der Waals surface area contributed by atoms with E-state index in [1.807, 2.05) is 0 Å². The fourth-order valence-corrected chi connectivity index (χ4v) is 2.01. The summed E-state index contributed by atoms with van der Waals surface area (Å²) in [5.41, 5.74) is 0.419. The van der Waals surface area contributed by atoms with Crippen LogP contribution in [-0.2, 0) is 0 Å². The normalized spacial score (nSPS) is 10.4. The standard InChI is InChI=1S/C11H8BrClFN3/c1-17(8-5-3-2-4-7(8)14)11-9(12)10(13)15-6-16-11/h2-6H,1H3. The van der Waals surface area contributed by atoms with Crippen LogP contribution in [-0.4, -0.2) is 17.0 Å². The predicted molar refractivity (Wildman–Crippen MR) is 69.2 cm³/mol. The summed E-state index contributed by atoms with van der Waals surface area (Å²) >= 11 is 9.15. The monoisotopic (exact) mass is 315 g/mol. The van der Waals surface area contributed by atoms with Crippen molar-refractivity contribution in [2.24, 2.45) is 0 Å². The fraction of sp³-hybridized carbons (Fsp3) is 0.0909. The first-order valence-electron chi connectivity index (χ1n) is 4.75. The zero-order valence-corrected chi connectivity index (χ0v) is 11.2. The van der Waals surface area contributed by atoms with Crippen LogP contribution < -0.4 is 4.90 Å². The van der Waals surface area contributed by atoms with Crippen molar-refractivity contribution in [3.05, 3.63) is 46.0 Å². The summed E-state index contributed by atoms with van der Waals surface area (Å²) in [7, 11) is 1.71. The molecule has 0 fully saturated rings. The number of rotatable bonds is 2. The maximum atomic E-state index is 13.6. The molecule has 0 atom stereocenters. The lowest BCUT2D eigenvalue weighted by Gasteiger charge is -2.19. The highest BCUT2D eigenvalue weighted by Crippen LogP contribution is 2.33. The Morgan fingerprint density at radius 3 is 2.71 bits per heavy atom. The van der Waals surface area contributed by atoms with Crippen LogP contribution in [0.5, 0.6) is 0 Å². The van der Waals surface area contributed by atoms with Gasteiger partial charge in [0.2, 0.25) is 0 Å². The quantitative estimate of drug-likeness (QED) is 0.789. The molecule has 0 bridgehead atoms. The summed E-state index contributed by atoms with van der Waals surface area (Å²) in [5, 5.41) is 0.290. The number of anilines is 2. The van der Waals surface area contributed by atoms with Gasteiger partial charge in [-0.05, 0) is 28.1 Å². The minimum Gasteiger partial charge on any atom is -0.326 e. The summed E-state index contributed by atoms with van der Waals surface area (Å²) in [4.78, 5) is 9.50. The van der Waals surface area contributed by atoms with Crippen molar-refractivity contribution >= 4 is 39.0 Å². The van der Waals surface area contributed by atoms with Gasteiger partial charge in [0.05, 0.1) is 10.2 Å². The second-order valence-electron chi connectivity index (χ2n) is 3.31. The highest BCUT2D eigenvalue weighted by atomic mass is 79.9. The van der Waals surface area contributed by atoms with Gasteiger partial charge in [0.15, 0.2) is 5.82 Å². The zero-order valence-electron chi connectivity index (χ0n) is 8.86. The Morgan fingerprint density at radius 1 is 1.29 bits per heavy atom. The molecule has 0 aliphatic heterocycles. The molecule has 0 unspecified atom stereocenters. The maximum Gasteiger partial charge on any atom is 0.152 e. The molecule has 88 valence electrons. The van der Waals surface area contributed by atoms with Crippen molar-refractivity contribution < 1.29 is 4.39 Å². The Morgan fingerprint density at radius 2 is 2.00 bits per heavy atom. The van der Waals surface area contributed by atoms with E-state index in [2.05, 4.69) is 25.9 Å². The van der Waals surface area contributed by atoms with Crippen molar-refractivity contribution in [2.75, 3.05) is 11.9 Å². The van der Waals surface area contributed by atoms with Gasteiger partial charge < -0.3 is 4.90 Å². The van der Waals surface area contributed by atoms with Gasteiger partial charge in [-0.1, -0.05) is 23.7 Å². The molecule has 3 nitrogen and oxygen atoms in total. The van der Waals surface area contributed by atoms with E-state index in [0.29, 0.717) is 16.0 Å². The van der Waals surface area contributed by atoms with Crippen molar-refractivity contribution in [1.82, 2.24) is 9.97 Å². The van der Waals surface area contributed by atoms with Gasteiger partial charge in [-0.15, -0.1) is 0 Å². The molecule has 2 rings (SSSR count). The van der Waals surface area contributed by atoms with Gasteiger partial charge in [-0.25, -0.2) is 14.4 Å². The van der Waals surface area contributed by atoms with E-state index >= 15 is 0 Å². The van der Waals surface area contributed by atoms with Crippen LogP contribution in [0.15, 0.2) is 35.1 Å². The molecule has 0 aliphatic rings. The van der Waals surface area contributed by atoms with Gasteiger partial charge in [-0.2, -0.15) is 0 Å². The van der Waals surface area contributed by atoms with Crippen molar-refractivity contribution in [1.29, 1.82) is 0 Å². The zero-order chi connectivity index (χ0) is 12.4. The lowest BCUT2D eigenvalue weighted by atomic mass is 10.3. The maximum absolute atomic E-state index is 13.6. The van der Waals surface area contributed by atoms with E-state index in [4.69, 9.17) is 11.6 Å². The van der Waals surface area contributed by atoms with Crippen LogP contribution in [0.1, 0.15) is 0 Å². The van der Waals surface area contributed by atoms with E-state index in [1.54, 1.807) is 30.1 Å². The number of halogens is 3. The van der Waals surface area contributed by atoms with E-state index in [0.717, 1.165) is 0 Å². The minimum absolute atomic E-state index is 0.290. The van der Waals surface area contributed by atoms with Crippen molar-refractivity contribution in [3.63, 3.8) is 0 Å². The Bertz CT molecular complexity index is 550. The lowest BCUT2D eigenvalue weighted by molar-refractivity contribution is 0.627. The first kappa shape index (κ1) is 12.3. The topological polar surface area (TPSA) is 29.0 Å². The Labute approximate surface area is 111 Å². The Hall–Kier alpha value is -1.20. The molecular weight excluding hydrogens is 308 g/mol. The number of benzene rings is 1. The fourth-order valence-electron chi connectivity index (χ4n) is 1.41. The van der Waals surface area contributed by atoms with Crippen LogP contribution in [0.4, 0.5) is 15.9 Å². The molecule has 0 saturated carbocycles. The molecule has 0 radical (unpaired) electrons. The molecule has 0 aliphatic carbocycles. The molecule has 0 saturated heterocycles. The minimum atomic E-state index is -0.323. The molecule has 6 heteroatoms. The third kappa shape index (κ3) is 2.40. The first-order chi connectivity index (χ1) is 8.11. The van der Waals surface area contributed by atoms with E-state index in [-0.39, 0.29) is 11.0 Å². The highest BCUT2D eigenvalue weighted by Gasteiger charge is 2.15. The predicted octanol–water partition coefficient (Wildman–Crippen LogP) is 3.80. The van der Waals surface area contributed by atoms with Crippen LogP contribution in [0.25, 0.3) is 0 Å². The van der Waals surface area contributed by atoms with Gasteiger partial charge in [0.25, 0.3) is 0 Å². The molecule has 0 N–H and O–H groups in total. The second-order valence-corrected chi connectivity index (χ2v) is 4.46. The van der Waals surface area contributed by atoms with Crippen molar-refractivity contribution in [2.45, 2.75) is 0 Å². The lowest BCUT2D eigenvalue weighted by Crippen LogP contribution is -2.13. The molecule has 1 aromatic heterocycles. The van der Waals surface area contributed by atoms with E-state index in [9.17, 15) is 4.39 Å². The Balaban J connectivity index is 2.48. The number of nitrogens with zero attached hydrogens (tertiary/aromatic N) is 3. The highest BCUT2D eigenvalue weighted by molar-refractivity contribution is 9.10. The summed E-state index contributed by atoms with van der Waals surface area (Å²) in [6, 6.07) is 6.45. The third-order valence-corrected chi connectivity index (χ3v) is 3.51. The molecule has 0 spiro atoms. The van der Waals surface area contributed by atoms with Crippen LogP contribution in [0.3, 0.4) is 0 Å². The van der Waals surface area contributed by atoms with E-state index < -0.39 is 0 Å². The number of aromatic nitrogens is 2. The average Bonchev–Trinajstić information content (AvgIpc) is 2.32. The van der Waals surface area contributed by atoms with E-state index in [1.165, 1.54) is 12.4 Å². The molecular formula is C11H8BrClFN3. The van der Waals surface area contributed by atoms with Gasteiger partial charge in [0, 0.05) is 7.05 Å². The average molecular weight is 317 g/mol. The summed E-state index contributed by atoms with van der Waals surface area (Å²) < 4.78 is 14.2. The first-order valence-corrected chi connectivity index (χ1v) is 5.92. The number of hydrogen-bond donors (Lipinski definition) is 0. The van der Waals surface area contributed by atoms with Gasteiger partial charge in [0.1, 0.15) is 17.3 Å². The number of hydrogen-bond acceptors (Lipinski definition) is 3. The smallest absolute Gasteiger partial charge is 0.152 e. The number of para-hydroxylation sites is 1. The van der Waals surface area contributed by atoms with Crippen LogP contribution in [0.2, 0.25) is 5.15 Å². The van der Waals surface area contributed by atoms with Crippen LogP contribution in [0, 0.1) is 5.82 Å². The van der Waals surface area contributed by atoms with Crippen molar-refractivity contribution in [3.8, 4) is 0 Å². The summed E-state index contributed by atoms with van der Waals surface area (Å²) in [5.74, 6) is 0.187. The second kappa shape index (κ2) is 4.98. The molecule has 0 amide bonds. The van der Waals surface area contributed by atoms with Gasteiger partial charge >= 0.3 is 0 Å². The molecule has 2 aromatic rings. The third-order valence-electron chi connectivity index (χ3n) is 2.26. The largest absolute Gasteiger partial charge is 0.326 e. The van der Waals surface area contributed by atoms with Gasteiger partial charge in [-0.3, -0.25) is 0 Å². The molecule has 1 aromatic carbocycles. The molecule has 17 heavy (non-hydrogen) atoms. The summed E-state index contributed by atoms with van der Waals surface area (Å²) in [6.07, 6.45) is 1.33. The molecule has 1 heterocycles.